The lowest BCUT2D eigenvalue weighted by atomic mass is 10.1. The van der Waals surface area contributed by atoms with Gasteiger partial charge >= 0.3 is 0 Å². The number of amides is 1. The van der Waals surface area contributed by atoms with Crippen molar-refractivity contribution in [3.8, 4) is 0 Å². The third-order valence-corrected chi connectivity index (χ3v) is 4.04. The maximum Gasteiger partial charge on any atom is 0.227 e. The Kier molecular flexibility index (Phi) is 4.97. The number of hydrogen-bond acceptors (Lipinski definition) is 2. The first-order valence-corrected chi connectivity index (χ1v) is 7.30. The second-order valence-corrected chi connectivity index (χ2v) is 5.17. The summed E-state index contributed by atoms with van der Waals surface area (Å²) in [5.74, 6) is 0.265. The molecule has 1 aliphatic heterocycles. The van der Waals surface area contributed by atoms with Crippen LogP contribution in [0.4, 0.5) is 0 Å². The van der Waals surface area contributed by atoms with Gasteiger partial charge in [0.15, 0.2) is 0 Å². The van der Waals surface area contributed by atoms with E-state index in [1.54, 1.807) is 0 Å². The SMILES string of the molecule is CCN(CC)C1CCN(C(=O)Cc2ccccc2)C1. The van der Waals surface area contributed by atoms with Crippen LogP contribution in [-0.4, -0.2) is 47.9 Å². The summed E-state index contributed by atoms with van der Waals surface area (Å²) in [7, 11) is 0. The van der Waals surface area contributed by atoms with E-state index >= 15 is 0 Å². The lowest BCUT2D eigenvalue weighted by molar-refractivity contribution is -0.129. The van der Waals surface area contributed by atoms with E-state index in [0.717, 1.165) is 38.2 Å². The molecule has 0 bridgehead atoms. The van der Waals surface area contributed by atoms with Gasteiger partial charge in [-0.1, -0.05) is 44.2 Å². The maximum absolute atomic E-state index is 12.3. The molecule has 1 unspecified atom stereocenters. The number of likely N-dealkylation sites (tertiary alicyclic amines) is 1. The van der Waals surface area contributed by atoms with E-state index in [9.17, 15) is 4.79 Å². The Labute approximate surface area is 116 Å². The number of rotatable bonds is 5. The molecule has 0 aliphatic carbocycles. The highest BCUT2D eigenvalue weighted by Gasteiger charge is 2.28. The predicted molar refractivity (Wildman–Crippen MR) is 78.1 cm³/mol. The number of carbonyl (C=O) groups is 1. The van der Waals surface area contributed by atoms with Gasteiger partial charge in [-0.15, -0.1) is 0 Å². The predicted octanol–water partition coefficient (Wildman–Crippen LogP) is 2.17. The number of carbonyl (C=O) groups excluding carboxylic acids is 1. The van der Waals surface area contributed by atoms with Crippen LogP contribution in [0, 0.1) is 0 Å². The Balaban J connectivity index is 1.88. The van der Waals surface area contributed by atoms with E-state index in [1.807, 2.05) is 35.2 Å². The molecule has 0 aromatic heterocycles. The van der Waals surface area contributed by atoms with Crippen molar-refractivity contribution in [2.75, 3.05) is 26.2 Å². The van der Waals surface area contributed by atoms with Crippen LogP contribution < -0.4 is 0 Å². The molecule has 1 amide bonds. The molecule has 3 nitrogen and oxygen atoms in total. The van der Waals surface area contributed by atoms with Crippen molar-refractivity contribution in [2.24, 2.45) is 0 Å². The van der Waals surface area contributed by atoms with Crippen molar-refractivity contribution in [3.05, 3.63) is 35.9 Å². The van der Waals surface area contributed by atoms with Crippen LogP contribution >= 0.6 is 0 Å². The zero-order valence-corrected chi connectivity index (χ0v) is 12.0. The molecule has 2 rings (SSSR count). The summed E-state index contributed by atoms with van der Waals surface area (Å²) in [4.78, 5) is 16.7. The minimum atomic E-state index is 0.265. The van der Waals surface area contributed by atoms with E-state index in [-0.39, 0.29) is 5.91 Å². The number of nitrogens with zero attached hydrogens (tertiary/aromatic N) is 2. The molecule has 3 heteroatoms. The fraction of sp³-hybridized carbons (Fsp3) is 0.562. The average Bonchev–Trinajstić information content (AvgIpc) is 2.91. The fourth-order valence-corrected chi connectivity index (χ4v) is 2.89. The molecule has 1 fully saturated rings. The van der Waals surface area contributed by atoms with Crippen LogP contribution in [0.15, 0.2) is 30.3 Å². The molecule has 0 saturated carbocycles. The number of likely N-dealkylation sites (N-methyl/N-ethyl adjacent to an activating group) is 1. The number of hydrogen-bond donors (Lipinski definition) is 0. The van der Waals surface area contributed by atoms with Crippen LogP contribution in [0.1, 0.15) is 25.8 Å². The van der Waals surface area contributed by atoms with Gasteiger partial charge in [0.1, 0.15) is 0 Å². The smallest absolute Gasteiger partial charge is 0.227 e. The molecular weight excluding hydrogens is 236 g/mol. The molecule has 104 valence electrons. The van der Waals surface area contributed by atoms with Gasteiger partial charge in [0, 0.05) is 19.1 Å². The molecule has 1 aromatic carbocycles. The lowest BCUT2D eigenvalue weighted by Gasteiger charge is -2.26. The highest BCUT2D eigenvalue weighted by molar-refractivity contribution is 5.79. The minimum absolute atomic E-state index is 0.265. The topological polar surface area (TPSA) is 23.6 Å². The van der Waals surface area contributed by atoms with E-state index in [2.05, 4.69) is 18.7 Å². The summed E-state index contributed by atoms with van der Waals surface area (Å²) in [5, 5.41) is 0. The fourth-order valence-electron chi connectivity index (χ4n) is 2.89. The molecule has 1 heterocycles. The van der Waals surface area contributed by atoms with E-state index in [0.29, 0.717) is 12.5 Å². The highest BCUT2D eigenvalue weighted by Crippen LogP contribution is 2.16. The quantitative estimate of drug-likeness (QED) is 0.810. The molecule has 19 heavy (non-hydrogen) atoms. The molecule has 1 atom stereocenters. The standard InChI is InChI=1S/C16H24N2O/c1-3-17(4-2)15-10-11-18(13-15)16(19)12-14-8-6-5-7-9-14/h5-9,15H,3-4,10-13H2,1-2H3. The summed E-state index contributed by atoms with van der Waals surface area (Å²) < 4.78 is 0. The van der Waals surface area contributed by atoms with Crippen LogP contribution in [-0.2, 0) is 11.2 Å². The zero-order valence-electron chi connectivity index (χ0n) is 12.0. The summed E-state index contributed by atoms with van der Waals surface area (Å²) >= 11 is 0. The Hall–Kier alpha value is -1.35. The van der Waals surface area contributed by atoms with Crippen molar-refractivity contribution in [1.29, 1.82) is 0 Å². The molecule has 0 radical (unpaired) electrons. The second kappa shape index (κ2) is 6.71. The monoisotopic (exact) mass is 260 g/mol. The zero-order chi connectivity index (χ0) is 13.7. The van der Waals surface area contributed by atoms with E-state index < -0.39 is 0 Å². The summed E-state index contributed by atoms with van der Waals surface area (Å²) in [6, 6.07) is 10.6. The molecule has 1 saturated heterocycles. The van der Waals surface area contributed by atoms with E-state index in [1.165, 1.54) is 0 Å². The molecule has 1 aromatic rings. The first-order valence-electron chi connectivity index (χ1n) is 7.30. The van der Waals surface area contributed by atoms with Gasteiger partial charge < -0.3 is 4.90 Å². The third-order valence-electron chi connectivity index (χ3n) is 4.04. The van der Waals surface area contributed by atoms with Gasteiger partial charge in [0.05, 0.1) is 6.42 Å². The summed E-state index contributed by atoms with van der Waals surface area (Å²) in [6.45, 7) is 8.33. The minimum Gasteiger partial charge on any atom is -0.341 e. The Morgan fingerprint density at radius 1 is 1.26 bits per heavy atom. The van der Waals surface area contributed by atoms with Crippen LogP contribution in [0.3, 0.4) is 0 Å². The van der Waals surface area contributed by atoms with Crippen LogP contribution in [0.5, 0.6) is 0 Å². The average molecular weight is 260 g/mol. The third kappa shape index (κ3) is 3.57. The van der Waals surface area contributed by atoms with Gasteiger partial charge in [-0.05, 0) is 25.1 Å². The van der Waals surface area contributed by atoms with Crippen LogP contribution in [0.25, 0.3) is 0 Å². The summed E-state index contributed by atoms with van der Waals surface area (Å²) in [6.07, 6.45) is 1.65. The highest BCUT2D eigenvalue weighted by atomic mass is 16.2. The molecule has 0 spiro atoms. The van der Waals surface area contributed by atoms with Crippen molar-refractivity contribution in [1.82, 2.24) is 9.80 Å². The Morgan fingerprint density at radius 3 is 2.58 bits per heavy atom. The summed E-state index contributed by atoms with van der Waals surface area (Å²) in [5.41, 5.74) is 1.11. The number of benzene rings is 1. The van der Waals surface area contributed by atoms with Crippen molar-refractivity contribution in [3.63, 3.8) is 0 Å². The van der Waals surface area contributed by atoms with E-state index in [4.69, 9.17) is 0 Å². The van der Waals surface area contributed by atoms with Crippen molar-refractivity contribution < 1.29 is 4.79 Å². The van der Waals surface area contributed by atoms with Gasteiger partial charge in [0.25, 0.3) is 0 Å². The normalized spacial score (nSPS) is 19.1. The van der Waals surface area contributed by atoms with Gasteiger partial charge in [0.2, 0.25) is 5.91 Å². The Bertz CT molecular complexity index is 400. The maximum atomic E-state index is 12.3. The van der Waals surface area contributed by atoms with Gasteiger partial charge in [-0.3, -0.25) is 9.69 Å². The Morgan fingerprint density at radius 2 is 1.95 bits per heavy atom. The molecule has 0 N–H and O–H groups in total. The van der Waals surface area contributed by atoms with Gasteiger partial charge in [-0.2, -0.15) is 0 Å². The first-order chi connectivity index (χ1) is 9.24. The van der Waals surface area contributed by atoms with Gasteiger partial charge in [-0.25, -0.2) is 0 Å². The lowest BCUT2D eigenvalue weighted by Crippen LogP contribution is -2.39. The molecular formula is C16H24N2O. The van der Waals surface area contributed by atoms with Crippen LogP contribution in [0.2, 0.25) is 0 Å². The van der Waals surface area contributed by atoms with Crippen molar-refractivity contribution >= 4 is 5.91 Å². The van der Waals surface area contributed by atoms with Crippen molar-refractivity contribution in [2.45, 2.75) is 32.7 Å². The molecule has 1 aliphatic rings. The first kappa shape index (κ1) is 14.1. The largest absolute Gasteiger partial charge is 0.341 e. The second-order valence-electron chi connectivity index (χ2n) is 5.17.